The fourth-order valence-corrected chi connectivity index (χ4v) is 1.80. The predicted molar refractivity (Wildman–Crippen MR) is 61.8 cm³/mol. The van der Waals surface area contributed by atoms with E-state index in [0.29, 0.717) is 0 Å². The fraction of sp³-hybridized carbons (Fsp3) is 0.455. The van der Waals surface area contributed by atoms with Crippen molar-refractivity contribution < 1.29 is 17.9 Å². The molecular weight excluding hydrogens is 255 g/mol. The molecular formula is C11H13ClF3NO. The van der Waals surface area contributed by atoms with E-state index in [0.717, 1.165) is 37.1 Å². The summed E-state index contributed by atoms with van der Waals surface area (Å²) in [5.41, 5.74) is 1.80. The van der Waals surface area contributed by atoms with Gasteiger partial charge < -0.3 is 10.1 Å². The van der Waals surface area contributed by atoms with Gasteiger partial charge in [-0.05, 0) is 30.9 Å². The second-order valence-electron chi connectivity index (χ2n) is 3.75. The van der Waals surface area contributed by atoms with E-state index in [2.05, 4.69) is 10.1 Å². The maximum absolute atomic E-state index is 12.0. The molecule has 0 fully saturated rings. The molecule has 17 heavy (non-hydrogen) atoms. The van der Waals surface area contributed by atoms with Gasteiger partial charge in [-0.1, -0.05) is 6.07 Å². The minimum absolute atomic E-state index is 0. The first-order valence-electron chi connectivity index (χ1n) is 5.17. The Morgan fingerprint density at radius 1 is 1.18 bits per heavy atom. The molecule has 2 nitrogen and oxygen atoms in total. The van der Waals surface area contributed by atoms with Gasteiger partial charge in [0.15, 0.2) is 0 Å². The highest BCUT2D eigenvalue weighted by Crippen LogP contribution is 2.29. The maximum atomic E-state index is 12.0. The van der Waals surface area contributed by atoms with Crippen molar-refractivity contribution in [3.05, 3.63) is 23.8 Å². The molecule has 0 unspecified atom stereocenters. The lowest BCUT2D eigenvalue weighted by Crippen LogP contribution is -2.17. The quantitative estimate of drug-likeness (QED) is 0.837. The summed E-state index contributed by atoms with van der Waals surface area (Å²) in [7, 11) is 0. The number of halogens is 4. The van der Waals surface area contributed by atoms with Crippen molar-refractivity contribution in [3.8, 4) is 5.75 Å². The van der Waals surface area contributed by atoms with Crippen molar-refractivity contribution in [1.29, 1.82) is 0 Å². The molecule has 1 aliphatic rings. The Morgan fingerprint density at radius 3 is 2.65 bits per heavy atom. The number of nitrogens with one attached hydrogen (secondary N) is 1. The zero-order valence-electron chi connectivity index (χ0n) is 9.01. The number of fused-ring (bicyclic) bond motifs is 1. The zero-order chi connectivity index (χ0) is 11.6. The molecule has 2 rings (SSSR count). The van der Waals surface area contributed by atoms with Gasteiger partial charge in [0.25, 0.3) is 0 Å². The molecule has 0 saturated heterocycles. The van der Waals surface area contributed by atoms with E-state index in [9.17, 15) is 13.2 Å². The molecule has 0 spiro atoms. The van der Waals surface area contributed by atoms with Gasteiger partial charge in [0.05, 0.1) is 0 Å². The first-order valence-corrected chi connectivity index (χ1v) is 5.17. The second-order valence-corrected chi connectivity index (χ2v) is 3.75. The van der Waals surface area contributed by atoms with Gasteiger partial charge in [0, 0.05) is 18.3 Å². The third-order valence-corrected chi connectivity index (χ3v) is 2.50. The van der Waals surface area contributed by atoms with Crippen molar-refractivity contribution in [2.45, 2.75) is 25.6 Å². The van der Waals surface area contributed by atoms with Crippen LogP contribution in [0, 0.1) is 0 Å². The number of hydrogen-bond donors (Lipinski definition) is 1. The van der Waals surface area contributed by atoms with Crippen LogP contribution in [0.15, 0.2) is 18.2 Å². The predicted octanol–water partition coefficient (Wildman–Crippen LogP) is 3.76. The molecule has 0 aliphatic carbocycles. The Hall–Kier alpha value is -1.10. The summed E-state index contributed by atoms with van der Waals surface area (Å²) >= 11 is 0. The van der Waals surface area contributed by atoms with Gasteiger partial charge in [-0.3, -0.25) is 0 Å². The van der Waals surface area contributed by atoms with Crippen LogP contribution < -0.4 is 10.1 Å². The minimum atomic E-state index is -4.63. The molecule has 1 aromatic rings. The molecule has 1 heterocycles. The summed E-state index contributed by atoms with van der Waals surface area (Å²) in [4.78, 5) is 0. The molecule has 0 atom stereocenters. The Morgan fingerprint density at radius 2 is 1.94 bits per heavy atom. The summed E-state index contributed by atoms with van der Waals surface area (Å²) in [6, 6.07) is 4.46. The molecule has 0 aromatic heterocycles. The number of rotatable bonds is 1. The van der Waals surface area contributed by atoms with Crippen LogP contribution in [0.4, 0.5) is 18.9 Å². The van der Waals surface area contributed by atoms with Gasteiger partial charge >= 0.3 is 6.36 Å². The average Bonchev–Trinajstić information content (AvgIpc) is 2.39. The van der Waals surface area contributed by atoms with Crippen LogP contribution in [0.1, 0.15) is 18.4 Å². The first-order chi connectivity index (χ1) is 7.54. The molecule has 6 heteroatoms. The molecule has 1 N–H and O–H groups in total. The molecule has 0 bridgehead atoms. The molecule has 1 aromatic carbocycles. The van der Waals surface area contributed by atoms with Gasteiger partial charge in [0.2, 0.25) is 0 Å². The van der Waals surface area contributed by atoms with Gasteiger partial charge in [-0.2, -0.15) is 0 Å². The molecule has 96 valence electrons. The first kappa shape index (κ1) is 14.0. The van der Waals surface area contributed by atoms with Gasteiger partial charge in [-0.15, -0.1) is 25.6 Å². The summed E-state index contributed by atoms with van der Waals surface area (Å²) in [5, 5.41) is 3.10. The standard InChI is InChI=1S/C11H12F3NO.ClH/c12-11(13,14)16-9-5-4-8-3-1-2-6-15-10(8)7-9;/h4-5,7,15H,1-3,6H2;1H. The number of benzene rings is 1. The lowest BCUT2D eigenvalue weighted by molar-refractivity contribution is -0.274. The Bertz CT molecular complexity index is 381. The van der Waals surface area contributed by atoms with E-state index in [1.165, 1.54) is 12.1 Å². The van der Waals surface area contributed by atoms with Crippen LogP contribution in [0.3, 0.4) is 0 Å². The van der Waals surface area contributed by atoms with E-state index in [1.54, 1.807) is 6.07 Å². The summed E-state index contributed by atoms with van der Waals surface area (Å²) < 4.78 is 39.9. The van der Waals surface area contributed by atoms with Crippen molar-refractivity contribution in [3.63, 3.8) is 0 Å². The number of ether oxygens (including phenoxy) is 1. The van der Waals surface area contributed by atoms with Crippen LogP contribution >= 0.6 is 12.4 Å². The highest BCUT2D eigenvalue weighted by atomic mass is 35.5. The highest BCUT2D eigenvalue weighted by molar-refractivity contribution is 5.85. The lowest BCUT2D eigenvalue weighted by Gasteiger charge is -2.12. The van der Waals surface area contributed by atoms with E-state index in [4.69, 9.17) is 0 Å². The topological polar surface area (TPSA) is 21.3 Å². The largest absolute Gasteiger partial charge is 0.573 e. The van der Waals surface area contributed by atoms with E-state index in [-0.39, 0.29) is 18.2 Å². The SMILES string of the molecule is Cl.FC(F)(F)Oc1ccc2c(c1)NCCCC2. The molecule has 0 amide bonds. The number of hydrogen-bond acceptors (Lipinski definition) is 2. The Balaban J connectivity index is 0.00000144. The number of anilines is 1. The minimum Gasteiger partial charge on any atom is -0.406 e. The second kappa shape index (κ2) is 5.49. The summed E-state index contributed by atoms with van der Waals surface area (Å²) in [5.74, 6) is -0.166. The van der Waals surface area contributed by atoms with Crippen molar-refractivity contribution >= 4 is 18.1 Å². The van der Waals surface area contributed by atoms with Crippen LogP contribution in [-0.2, 0) is 6.42 Å². The summed E-state index contributed by atoms with van der Waals surface area (Å²) in [6.07, 6.45) is -1.64. The zero-order valence-corrected chi connectivity index (χ0v) is 9.83. The van der Waals surface area contributed by atoms with Crippen molar-refractivity contribution in [2.75, 3.05) is 11.9 Å². The van der Waals surface area contributed by atoms with Crippen LogP contribution in [0.5, 0.6) is 5.75 Å². The number of aryl methyl sites for hydroxylation is 1. The third-order valence-electron chi connectivity index (χ3n) is 2.50. The van der Waals surface area contributed by atoms with Gasteiger partial charge in [-0.25, -0.2) is 0 Å². The Kier molecular flexibility index (Phi) is 4.51. The van der Waals surface area contributed by atoms with Crippen molar-refractivity contribution in [1.82, 2.24) is 0 Å². The van der Waals surface area contributed by atoms with Gasteiger partial charge in [0.1, 0.15) is 5.75 Å². The van der Waals surface area contributed by atoms with Crippen LogP contribution in [-0.4, -0.2) is 12.9 Å². The van der Waals surface area contributed by atoms with E-state index < -0.39 is 6.36 Å². The normalized spacial score (nSPS) is 15.0. The molecule has 0 saturated carbocycles. The molecule has 1 aliphatic heterocycles. The number of alkyl halides is 3. The maximum Gasteiger partial charge on any atom is 0.573 e. The lowest BCUT2D eigenvalue weighted by atomic mass is 10.1. The Labute approximate surface area is 104 Å². The average molecular weight is 268 g/mol. The van der Waals surface area contributed by atoms with Crippen LogP contribution in [0.25, 0.3) is 0 Å². The van der Waals surface area contributed by atoms with E-state index >= 15 is 0 Å². The summed E-state index contributed by atoms with van der Waals surface area (Å²) in [6.45, 7) is 0.794. The smallest absolute Gasteiger partial charge is 0.406 e. The van der Waals surface area contributed by atoms with Crippen LogP contribution in [0.2, 0.25) is 0 Å². The van der Waals surface area contributed by atoms with E-state index in [1.807, 2.05) is 0 Å². The van der Waals surface area contributed by atoms with Crippen molar-refractivity contribution in [2.24, 2.45) is 0 Å². The monoisotopic (exact) mass is 267 g/mol. The highest BCUT2D eigenvalue weighted by Gasteiger charge is 2.31. The fourth-order valence-electron chi connectivity index (χ4n) is 1.80. The third kappa shape index (κ3) is 4.00. The molecule has 0 radical (unpaired) electrons.